The van der Waals surface area contributed by atoms with Gasteiger partial charge < -0.3 is 32.9 Å². The van der Waals surface area contributed by atoms with Gasteiger partial charge in [0, 0.05) is 28.4 Å². The lowest BCUT2D eigenvalue weighted by molar-refractivity contribution is -0.0616. The number of ether oxygens (including phenoxy) is 2. The van der Waals surface area contributed by atoms with E-state index in [2.05, 4.69) is 13.8 Å². The Bertz CT molecular complexity index is 374. The molecular formula is C19H45NO6Si2. The molecule has 0 rings (SSSR count). The maximum atomic E-state index is 6.52. The molecule has 0 saturated heterocycles. The van der Waals surface area contributed by atoms with Crippen LogP contribution in [-0.2, 0) is 27.2 Å². The summed E-state index contributed by atoms with van der Waals surface area (Å²) in [6, 6.07) is -0.294. The molecule has 28 heavy (non-hydrogen) atoms. The summed E-state index contributed by atoms with van der Waals surface area (Å²) in [5.41, 5.74) is 6.33. The minimum atomic E-state index is -2.43. The van der Waals surface area contributed by atoms with Crippen LogP contribution < -0.4 is 5.73 Å². The molecule has 2 N–H and O–H groups in total. The van der Waals surface area contributed by atoms with E-state index in [4.69, 9.17) is 32.9 Å². The molecule has 4 atom stereocenters. The van der Waals surface area contributed by atoms with E-state index in [0.29, 0.717) is 0 Å². The first-order valence-corrected chi connectivity index (χ1v) is 15.1. The third-order valence-corrected chi connectivity index (χ3v) is 12.2. The van der Waals surface area contributed by atoms with Gasteiger partial charge >= 0.3 is 17.1 Å². The quantitative estimate of drug-likeness (QED) is 0.370. The van der Waals surface area contributed by atoms with Crippen molar-refractivity contribution in [2.24, 2.45) is 5.73 Å². The minimum absolute atomic E-state index is 0.0928. The van der Waals surface area contributed by atoms with E-state index in [1.54, 1.807) is 28.4 Å². The first kappa shape index (κ1) is 28.2. The Labute approximate surface area is 175 Å². The van der Waals surface area contributed by atoms with Crippen molar-refractivity contribution in [3.63, 3.8) is 0 Å². The molecule has 0 aromatic rings. The van der Waals surface area contributed by atoms with Crippen molar-refractivity contribution in [2.75, 3.05) is 28.4 Å². The van der Waals surface area contributed by atoms with Crippen molar-refractivity contribution in [1.29, 1.82) is 0 Å². The van der Waals surface area contributed by atoms with Gasteiger partial charge in [-0.1, -0.05) is 26.7 Å². The maximum absolute atomic E-state index is 6.52. The van der Waals surface area contributed by atoms with Crippen LogP contribution in [0.1, 0.15) is 53.4 Å². The molecule has 0 aliphatic rings. The van der Waals surface area contributed by atoms with Crippen LogP contribution in [0.2, 0.25) is 13.1 Å². The van der Waals surface area contributed by atoms with E-state index in [-0.39, 0.29) is 29.7 Å². The second-order valence-electron chi connectivity index (χ2n) is 7.66. The Balaban J connectivity index is 5.18. The maximum Gasteiger partial charge on any atom is 0.364 e. The molecule has 4 unspecified atom stereocenters. The summed E-state index contributed by atoms with van der Waals surface area (Å²) < 4.78 is 35.5. The molecule has 0 bridgehead atoms. The van der Waals surface area contributed by atoms with E-state index in [1.165, 1.54) is 0 Å². The fraction of sp³-hybridized carbons (Fsp3) is 1.00. The van der Waals surface area contributed by atoms with Crippen LogP contribution in [0.4, 0.5) is 0 Å². The topological polar surface area (TPSA) is 81.4 Å². The van der Waals surface area contributed by atoms with Crippen molar-refractivity contribution in [2.45, 2.75) is 96.2 Å². The lowest BCUT2D eigenvalue weighted by Crippen LogP contribution is -2.57. The molecule has 0 heterocycles. The van der Waals surface area contributed by atoms with Crippen LogP contribution in [0, 0.1) is 0 Å². The monoisotopic (exact) mass is 439 g/mol. The molecule has 0 aliphatic carbocycles. The summed E-state index contributed by atoms with van der Waals surface area (Å²) >= 11 is 0. The highest BCUT2D eigenvalue weighted by Crippen LogP contribution is 2.24. The van der Waals surface area contributed by atoms with Gasteiger partial charge in [0.25, 0.3) is 0 Å². The summed E-state index contributed by atoms with van der Waals surface area (Å²) in [4.78, 5) is 0. The molecule has 0 amide bonds. The second kappa shape index (κ2) is 13.5. The Morgan fingerprint density at radius 2 is 0.964 bits per heavy atom. The van der Waals surface area contributed by atoms with Crippen molar-refractivity contribution in [3.8, 4) is 0 Å². The average Bonchev–Trinajstić information content (AvgIpc) is 2.70. The first-order chi connectivity index (χ1) is 13.1. The van der Waals surface area contributed by atoms with E-state index < -0.39 is 17.1 Å². The van der Waals surface area contributed by atoms with E-state index in [1.807, 2.05) is 26.9 Å². The highest BCUT2D eigenvalue weighted by atomic mass is 28.4. The van der Waals surface area contributed by atoms with Gasteiger partial charge in [0.05, 0.1) is 18.2 Å². The fourth-order valence-corrected chi connectivity index (χ4v) is 7.14. The molecule has 7 nitrogen and oxygen atoms in total. The summed E-state index contributed by atoms with van der Waals surface area (Å²) in [5, 5.41) is 0. The molecule has 0 fully saturated rings. The first-order valence-electron chi connectivity index (χ1n) is 10.4. The predicted molar refractivity (Wildman–Crippen MR) is 118 cm³/mol. The molecule has 0 aromatic carbocycles. The normalized spacial score (nSPS) is 18.5. The van der Waals surface area contributed by atoms with Crippen LogP contribution in [0.15, 0.2) is 0 Å². The SMILES string of the molecule is CCCC(OC(C)C(N)C(C)OC(CCC)[Si](C)(OC)OC)[Si](C)(OC)OC. The zero-order chi connectivity index (χ0) is 22.0. The van der Waals surface area contributed by atoms with Gasteiger partial charge in [-0.2, -0.15) is 0 Å². The summed E-state index contributed by atoms with van der Waals surface area (Å²) in [6.07, 6.45) is 3.30. The molecule has 0 aliphatic heterocycles. The van der Waals surface area contributed by atoms with Gasteiger partial charge in [-0.3, -0.25) is 0 Å². The smallest absolute Gasteiger partial charge is 0.364 e. The Kier molecular flexibility index (Phi) is 13.5. The zero-order valence-electron chi connectivity index (χ0n) is 19.7. The van der Waals surface area contributed by atoms with Gasteiger partial charge in [-0.05, 0) is 39.8 Å². The third kappa shape index (κ3) is 7.77. The molecule has 9 heteroatoms. The fourth-order valence-electron chi connectivity index (χ4n) is 3.21. The van der Waals surface area contributed by atoms with E-state index in [0.717, 1.165) is 25.7 Å². The van der Waals surface area contributed by atoms with Crippen molar-refractivity contribution in [1.82, 2.24) is 0 Å². The third-order valence-electron chi connectivity index (χ3n) is 5.73. The van der Waals surface area contributed by atoms with Crippen molar-refractivity contribution >= 4 is 17.1 Å². The summed E-state index contributed by atoms with van der Waals surface area (Å²) in [7, 11) is 1.90. The predicted octanol–water partition coefficient (Wildman–Crippen LogP) is 3.27. The molecule has 0 spiro atoms. The standard InChI is InChI=1S/C19H45NO6Si2/c1-11-13-17(27(9,21-5)22-6)25-15(3)19(20)16(4)26-18(14-12-2)28(10,23-7)24-8/h15-19H,11-14,20H2,1-10H3. The van der Waals surface area contributed by atoms with E-state index >= 15 is 0 Å². The van der Waals surface area contributed by atoms with Crippen LogP contribution in [0.3, 0.4) is 0 Å². The number of nitrogens with two attached hydrogens (primary N) is 1. The van der Waals surface area contributed by atoms with Crippen molar-refractivity contribution < 1.29 is 27.2 Å². The molecular weight excluding hydrogens is 394 g/mol. The lowest BCUT2D eigenvalue weighted by Gasteiger charge is -2.38. The van der Waals surface area contributed by atoms with Crippen LogP contribution in [0.25, 0.3) is 0 Å². The highest BCUT2D eigenvalue weighted by Gasteiger charge is 2.44. The highest BCUT2D eigenvalue weighted by molar-refractivity contribution is 6.67. The van der Waals surface area contributed by atoms with Gasteiger partial charge in [-0.15, -0.1) is 0 Å². The van der Waals surface area contributed by atoms with Gasteiger partial charge in [0.15, 0.2) is 0 Å². The largest absolute Gasteiger partial charge is 0.396 e. The van der Waals surface area contributed by atoms with E-state index in [9.17, 15) is 0 Å². The minimum Gasteiger partial charge on any atom is -0.396 e. The van der Waals surface area contributed by atoms with Crippen molar-refractivity contribution in [3.05, 3.63) is 0 Å². The molecule has 0 saturated carbocycles. The molecule has 0 aromatic heterocycles. The molecule has 170 valence electrons. The Hall–Kier alpha value is 0.154. The zero-order valence-corrected chi connectivity index (χ0v) is 21.7. The van der Waals surface area contributed by atoms with Gasteiger partial charge in [0.1, 0.15) is 11.5 Å². The summed E-state index contributed by atoms with van der Waals surface area (Å²) in [5.74, 6) is 0. The average molecular weight is 440 g/mol. The van der Waals surface area contributed by atoms with Gasteiger partial charge in [0.2, 0.25) is 0 Å². The van der Waals surface area contributed by atoms with Crippen LogP contribution >= 0.6 is 0 Å². The summed E-state index contributed by atoms with van der Waals surface area (Å²) in [6.45, 7) is 12.3. The number of hydrogen-bond acceptors (Lipinski definition) is 7. The Morgan fingerprint density at radius 3 is 1.18 bits per heavy atom. The number of hydrogen-bond donors (Lipinski definition) is 1. The lowest BCUT2D eigenvalue weighted by atomic mass is 10.1. The van der Waals surface area contributed by atoms with Gasteiger partial charge in [-0.25, -0.2) is 0 Å². The Morgan fingerprint density at radius 1 is 0.679 bits per heavy atom. The molecule has 0 radical (unpaired) electrons. The van der Waals surface area contributed by atoms with Crippen LogP contribution in [-0.4, -0.2) is 75.3 Å². The van der Waals surface area contributed by atoms with Crippen LogP contribution in [0.5, 0.6) is 0 Å². The number of rotatable bonds is 16. The second-order valence-corrected chi connectivity index (χ2v) is 14.6.